The van der Waals surface area contributed by atoms with Gasteiger partial charge in [0, 0.05) is 18.4 Å². The highest BCUT2D eigenvalue weighted by Gasteiger charge is 2.34. The molecule has 0 amide bonds. The summed E-state index contributed by atoms with van der Waals surface area (Å²) in [5.74, 6) is -2.10. The number of alkyl halides is 3. The van der Waals surface area contributed by atoms with Crippen LogP contribution in [0, 0.1) is 11.6 Å². The molecular weight excluding hydrogens is 519 g/mol. The van der Waals surface area contributed by atoms with Gasteiger partial charge in [0.1, 0.15) is 16.8 Å². The Kier molecular flexibility index (Phi) is 7.82. The second kappa shape index (κ2) is 11.2. The van der Waals surface area contributed by atoms with Gasteiger partial charge in [0.15, 0.2) is 0 Å². The molecular formula is C23H16ClF5N8. The number of pyridine rings is 1. The lowest BCUT2D eigenvalue weighted by Gasteiger charge is -2.12. The van der Waals surface area contributed by atoms with Crippen molar-refractivity contribution >= 4 is 35.1 Å². The summed E-state index contributed by atoms with van der Waals surface area (Å²) in [4.78, 5) is 16.3. The fraction of sp³-hybridized carbons (Fsp3) is 0.130. The van der Waals surface area contributed by atoms with E-state index in [1.807, 2.05) is 0 Å². The van der Waals surface area contributed by atoms with Crippen LogP contribution in [0.3, 0.4) is 0 Å². The Hall–Kier alpha value is -4.26. The third kappa shape index (κ3) is 7.36. The molecule has 2 N–H and O–H groups in total. The fourth-order valence-electron chi connectivity index (χ4n) is 2.96. The summed E-state index contributed by atoms with van der Waals surface area (Å²) in [5, 5.41) is 13.8. The molecule has 8 nitrogen and oxygen atoms in total. The van der Waals surface area contributed by atoms with Crippen LogP contribution in [0.2, 0.25) is 5.15 Å². The van der Waals surface area contributed by atoms with Crippen LogP contribution in [-0.4, -0.2) is 19.9 Å². The van der Waals surface area contributed by atoms with Gasteiger partial charge in [-0.15, -0.1) is 5.11 Å². The summed E-state index contributed by atoms with van der Waals surface area (Å²) in [6.07, 6.45) is -3.35. The van der Waals surface area contributed by atoms with Crippen molar-refractivity contribution in [3.05, 3.63) is 94.3 Å². The number of rotatable bonds is 8. The molecule has 0 saturated heterocycles. The van der Waals surface area contributed by atoms with Crippen LogP contribution in [0.25, 0.3) is 0 Å². The summed E-state index contributed by atoms with van der Waals surface area (Å²) < 4.78 is 66.0. The van der Waals surface area contributed by atoms with E-state index in [0.29, 0.717) is 22.8 Å². The molecule has 2 aromatic heterocycles. The Morgan fingerprint density at radius 2 is 1.59 bits per heavy atom. The Balaban J connectivity index is 1.58. The molecule has 2 aromatic carbocycles. The highest BCUT2D eigenvalue weighted by molar-refractivity contribution is 6.29. The van der Waals surface area contributed by atoms with Crippen LogP contribution >= 0.6 is 11.6 Å². The van der Waals surface area contributed by atoms with Crippen molar-refractivity contribution in [2.75, 3.05) is 10.6 Å². The van der Waals surface area contributed by atoms with Crippen molar-refractivity contribution in [3.63, 3.8) is 0 Å². The standard InChI is InChI=1S/C23H16ClF5N8/c24-19-8-3-14(10-30-19)11-31-20-34-21(33-16-6-7-18(26)17(9-16)23(27,28)29)36-22(35-20)37-32-12-13-1-4-15(25)5-2-13/h1-10H,11-12H2,(H2,31,33,34,35,36). The molecule has 0 saturated carbocycles. The second-order valence-corrected chi connectivity index (χ2v) is 7.86. The smallest absolute Gasteiger partial charge is 0.350 e. The zero-order valence-corrected chi connectivity index (χ0v) is 19.4. The molecule has 4 rings (SSSR count). The van der Waals surface area contributed by atoms with Crippen LogP contribution in [0.5, 0.6) is 0 Å². The molecule has 4 aromatic rings. The molecule has 190 valence electrons. The van der Waals surface area contributed by atoms with E-state index in [1.54, 1.807) is 12.1 Å². The molecule has 0 radical (unpaired) electrons. The van der Waals surface area contributed by atoms with E-state index in [1.165, 1.54) is 30.5 Å². The number of hydrogen-bond donors (Lipinski definition) is 2. The first-order chi connectivity index (χ1) is 17.7. The van der Waals surface area contributed by atoms with E-state index in [0.717, 1.165) is 11.6 Å². The second-order valence-electron chi connectivity index (χ2n) is 7.47. The van der Waals surface area contributed by atoms with Gasteiger partial charge in [0.25, 0.3) is 5.95 Å². The molecule has 0 aliphatic carbocycles. The predicted octanol–water partition coefficient (Wildman–Crippen LogP) is 6.86. The average molecular weight is 535 g/mol. The monoisotopic (exact) mass is 534 g/mol. The van der Waals surface area contributed by atoms with Crippen LogP contribution in [0.15, 0.2) is 71.0 Å². The number of nitrogens with one attached hydrogen (secondary N) is 2. The van der Waals surface area contributed by atoms with Crippen LogP contribution < -0.4 is 10.6 Å². The first kappa shape index (κ1) is 25.8. The number of benzene rings is 2. The lowest BCUT2D eigenvalue weighted by atomic mass is 10.2. The van der Waals surface area contributed by atoms with E-state index >= 15 is 0 Å². The largest absolute Gasteiger partial charge is 0.419 e. The number of halogens is 6. The van der Waals surface area contributed by atoms with Gasteiger partial charge < -0.3 is 10.6 Å². The molecule has 0 unspecified atom stereocenters. The molecule has 2 heterocycles. The van der Waals surface area contributed by atoms with Gasteiger partial charge in [-0.05, 0) is 47.5 Å². The van der Waals surface area contributed by atoms with Gasteiger partial charge in [-0.3, -0.25) is 0 Å². The number of aromatic nitrogens is 4. The third-order valence-corrected chi connectivity index (χ3v) is 4.94. The average Bonchev–Trinajstić information content (AvgIpc) is 2.85. The number of azo groups is 1. The van der Waals surface area contributed by atoms with E-state index < -0.39 is 23.4 Å². The Labute approximate surface area is 211 Å². The van der Waals surface area contributed by atoms with Crippen LogP contribution in [0.4, 0.5) is 45.5 Å². The van der Waals surface area contributed by atoms with Crippen molar-refractivity contribution in [1.29, 1.82) is 0 Å². The highest BCUT2D eigenvalue weighted by Crippen LogP contribution is 2.33. The van der Waals surface area contributed by atoms with Gasteiger partial charge in [-0.25, -0.2) is 13.8 Å². The SMILES string of the molecule is Fc1ccc(CN=Nc2nc(NCc3ccc(Cl)nc3)nc(Nc3ccc(F)c(C(F)(F)F)c3)n2)cc1. The van der Waals surface area contributed by atoms with E-state index in [2.05, 4.69) is 40.8 Å². The van der Waals surface area contributed by atoms with E-state index in [4.69, 9.17) is 11.6 Å². The van der Waals surface area contributed by atoms with E-state index in [-0.39, 0.29) is 36.6 Å². The maximum Gasteiger partial charge on any atom is 0.419 e. The number of nitrogens with zero attached hydrogens (tertiary/aromatic N) is 6. The van der Waals surface area contributed by atoms with Gasteiger partial charge in [0.05, 0.1) is 12.1 Å². The lowest BCUT2D eigenvalue weighted by Crippen LogP contribution is -2.10. The van der Waals surface area contributed by atoms with Gasteiger partial charge in [0.2, 0.25) is 11.9 Å². The Morgan fingerprint density at radius 3 is 2.30 bits per heavy atom. The van der Waals surface area contributed by atoms with Crippen molar-refractivity contribution < 1.29 is 22.0 Å². The van der Waals surface area contributed by atoms with Crippen molar-refractivity contribution in [1.82, 2.24) is 19.9 Å². The van der Waals surface area contributed by atoms with E-state index in [9.17, 15) is 22.0 Å². The molecule has 0 aliphatic rings. The topological polar surface area (TPSA) is 100 Å². The Bertz CT molecular complexity index is 1400. The highest BCUT2D eigenvalue weighted by atomic mass is 35.5. The zero-order chi connectivity index (χ0) is 26.4. The van der Waals surface area contributed by atoms with Crippen LogP contribution in [-0.2, 0) is 19.3 Å². The third-order valence-electron chi connectivity index (χ3n) is 4.72. The van der Waals surface area contributed by atoms with Gasteiger partial charge in [-0.1, -0.05) is 29.8 Å². The quantitative estimate of drug-likeness (QED) is 0.145. The summed E-state index contributed by atoms with van der Waals surface area (Å²) in [5.41, 5.74) is -0.134. The maximum absolute atomic E-state index is 13.7. The molecule has 0 bridgehead atoms. The van der Waals surface area contributed by atoms with Gasteiger partial charge >= 0.3 is 6.18 Å². The predicted molar refractivity (Wildman–Crippen MR) is 126 cm³/mol. The van der Waals surface area contributed by atoms with Crippen molar-refractivity contribution in [2.24, 2.45) is 10.2 Å². The first-order valence-corrected chi connectivity index (χ1v) is 10.9. The minimum absolute atomic E-state index is 0.0290. The summed E-state index contributed by atoms with van der Waals surface area (Å²) in [6, 6.07) is 11.3. The summed E-state index contributed by atoms with van der Waals surface area (Å²) >= 11 is 5.79. The lowest BCUT2D eigenvalue weighted by molar-refractivity contribution is -0.139. The fourth-order valence-corrected chi connectivity index (χ4v) is 3.07. The minimum Gasteiger partial charge on any atom is -0.350 e. The Morgan fingerprint density at radius 1 is 0.865 bits per heavy atom. The van der Waals surface area contributed by atoms with Gasteiger partial charge in [-0.2, -0.15) is 33.2 Å². The molecule has 0 aliphatic heterocycles. The molecule has 0 spiro atoms. The number of hydrogen-bond acceptors (Lipinski definition) is 8. The molecule has 0 atom stereocenters. The van der Waals surface area contributed by atoms with Crippen LogP contribution in [0.1, 0.15) is 16.7 Å². The molecule has 14 heteroatoms. The first-order valence-electron chi connectivity index (χ1n) is 10.5. The maximum atomic E-state index is 13.7. The summed E-state index contributed by atoms with van der Waals surface area (Å²) in [7, 11) is 0. The molecule has 0 fully saturated rings. The molecule has 37 heavy (non-hydrogen) atoms. The van der Waals surface area contributed by atoms with Crippen molar-refractivity contribution in [3.8, 4) is 0 Å². The minimum atomic E-state index is -4.89. The number of anilines is 3. The zero-order valence-electron chi connectivity index (χ0n) is 18.6. The summed E-state index contributed by atoms with van der Waals surface area (Å²) in [6.45, 7) is 0.329. The van der Waals surface area contributed by atoms with Crippen molar-refractivity contribution in [2.45, 2.75) is 19.3 Å². The normalized spacial score (nSPS) is 11.6.